The van der Waals surface area contributed by atoms with E-state index in [1.165, 1.54) is 5.38 Å². The Labute approximate surface area is 111 Å². The van der Waals surface area contributed by atoms with Crippen molar-refractivity contribution in [3.05, 3.63) is 16.1 Å². The Kier molecular flexibility index (Phi) is 3.25. The van der Waals surface area contributed by atoms with E-state index in [0.717, 1.165) is 11.3 Å². The van der Waals surface area contributed by atoms with Crippen molar-refractivity contribution in [1.29, 1.82) is 0 Å². The lowest BCUT2D eigenvalue weighted by atomic mass is 10.1. The molecule has 2 unspecified atom stereocenters. The summed E-state index contributed by atoms with van der Waals surface area (Å²) in [7, 11) is 0. The number of carbonyl (C=O) groups is 3. The number of nitrogens with zero attached hydrogens (tertiary/aromatic N) is 1. The molecule has 0 aliphatic carbocycles. The topological polar surface area (TPSA) is 138 Å². The maximum Gasteiger partial charge on any atom is 0.357 e. The predicted octanol–water partition coefficient (Wildman–Crippen LogP) is -1.12. The van der Waals surface area contributed by atoms with E-state index in [0.29, 0.717) is 0 Å². The smallest absolute Gasteiger partial charge is 0.357 e. The summed E-state index contributed by atoms with van der Waals surface area (Å²) in [5, 5.41) is 1.52. The van der Waals surface area contributed by atoms with Crippen LogP contribution < -0.4 is 11.5 Å². The highest BCUT2D eigenvalue weighted by molar-refractivity contribution is 7.10. The predicted molar refractivity (Wildman–Crippen MR) is 63.0 cm³/mol. The summed E-state index contributed by atoms with van der Waals surface area (Å²) in [5.41, 5.74) is 8.67. The number of amides is 2. The molecule has 2 amide bonds. The fourth-order valence-electron chi connectivity index (χ4n) is 1.61. The molecule has 9 heteroatoms. The molecular weight excluding hydrogens is 274 g/mol. The van der Waals surface area contributed by atoms with Crippen LogP contribution in [-0.2, 0) is 24.7 Å². The molecule has 2 heterocycles. The lowest BCUT2D eigenvalue weighted by Crippen LogP contribution is -2.36. The molecule has 2 atom stereocenters. The monoisotopic (exact) mass is 285 g/mol. The number of rotatable bonds is 5. The third-order valence-electron chi connectivity index (χ3n) is 2.55. The first-order valence-electron chi connectivity index (χ1n) is 5.33. The van der Waals surface area contributed by atoms with Crippen LogP contribution in [0.25, 0.3) is 0 Å². The fraction of sp³-hybridized carbons (Fsp3) is 0.400. The highest BCUT2D eigenvalue weighted by Gasteiger charge is 2.68. The Balaban J connectivity index is 2.29. The van der Waals surface area contributed by atoms with Crippen LogP contribution in [0.3, 0.4) is 0 Å². The quantitative estimate of drug-likeness (QED) is 0.519. The average molecular weight is 285 g/mol. The van der Waals surface area contributed by atoms with Gasteiger partial charge in [-0.05, 0) is 6.92 Å². The molecule has 0 aromatic carbocycles. The van der Waals surface area contributed by atoms with Crippen LogP contribution in [0.1, 0.15) is 22.4 Å². The van der Waals surface area contributed by atoms with Crippen molar-refractivity contribution in [2.75, 3.05) is 6.61 Å². The second-order valence-corrected chi connectivity index (χ2v) is 4.62. The first-order chi connectivity index (χ1) is 8.93. The van der Waals surface area contributed by atoms with Gasteiger partial charge in [0, 0.05) is 5.38 Å². The number of esters is 1. The van der Waals surface area contributed by atoms with E-state index in [4.69, 9.17) is 20.9 Å². The molecule has 0 radical (unpaired) electrons. The number of thiazole rings is 1. The minimum atomic E-state index is -1.65. The van der Waals surface area contributed by atoms with Crippen molar-refractivity contribution < 1.29 is 23.9 Å². The highest BCUT2D eigenvalue weighted by Crippen LogP contribution is 2.47. The molecule has 1 aliphatic rings. The summed E-state index contributed by atoms with van der Waals surface area (Å²) >= 11 is 0.977. The van der Waals surface area contributed by atoms with Crippen LogP contribution in [0.2, 0.25) is 0 Å². The maximum absolute atomic E-state index is 11.5. The molecular formula is C10H11N3O5S. The number of ether oxygens (including phenoxy) is 2. The largest absolute Gasteiger partial charge is 0.461 e. The second kappa shape index (κ2) is 4.59. The number of hydrogen-bond acceptors (Lipinski definition) is 7. The van der Waals surface area contributed by atoms with E-state index in [2.05, 4.69) is 4.98 Å². The van der Waals surface area contributed by atoms with Gasteiger partial charge in [0.05, 0.1) is 6.61 Å². The number of aromatic nitrogens is 1. The van der Waals surface area contributed by atoms with E-state index < -0.39 is 29.5 Å². The van der Waals surface area contributed by atoms with E-state index >= 15 is 0 Å². The number of hydrogen-bond donors (Lipinski definition) is 2. The molecule has 1 aromatic rings. The van der Waals surface area contributed by atoms with Gasteiger partial charge >= 0.3 is 5.97 Å². The molecule has 1 fully saturated rings. The van der Waals surface area contributed by atoms with Crippen molar-refractivity contribution in [3.63, 3.8) is 0 Å². The minimum Gasteiger partial charge on any atom is -0.461 e. The van der Waals surface area contributed by atoms with Gasteiger partial charge in [0.2, 0.25) is 5.60 Å². The number of carbonyl (C=O) groups excluding carboxylic acids is 3. The molecule has 0 spiro atoms. The van der Waals surface area contributed by atoms with Crippen molar-refractivity contribution in [3.8, 4) is 0 Å². The van der Waals surface area contributed by atoms with Crippen LogP contribution >= 0.6 is 11.3 Å². The van der Waals surface area contributed by atoms with Crippen LogP contribution in [0.4, 0.5) is 0 Å². The summed E-state index contributed by atoms with van der Waals surface area (Å²) in [6.45, 7) is 1.86. The van der Waals surface area contributed by atoms with Crippen molar-refractivity contribution in [2.45, 2.75) is 18.6 Å². The first kappa shape index (κ1) is 13.4. The zero-order valence-electron chi connectivity index (χ0n) is 9.91. The molecule has 19 heavy (non-hydrogen) atoms. The summed E-state index contributed by atoms with van der Waals surface area (Å²) in [4.78, 5) is 37.9. The summed E-state index contributed by atoms with van der Waals surface area (Å²) in [5.74, 6) is -2.31. The van der Waals surface area contributed by atoms with Gasteiger partial charge in [-0.25, -0.2) is 9.78 Å². The van der Waals surface area contributed by atoms with Gasteiger partial charge < -0.3 is 20.9 Å². The van der Waals surface area contributed by atoms with Gasteiger partial charge in [0.25, 0.3) is 11.8 Å². The van der Waals surface area contributed by atoms with Gasteiger partial charge in [-0.2, -0.15) is 0 Å². The van der Waals surface area contributed by atoms with Gasteiger partial charge in [0.1, 0.15) is 5.01 Å². The third-order valence-corrected chi connectivity index (χ3v) is 3.51. The standard InChI is InChI=1S/C10H11N3O5S/c1-2-17-7(15)4-3-19-9(13-4)10(8(12)16)5(18-10)6(11)14/h3,5H,2H2,1H3,(H2,11,14)(H2,12,16). The molecule has 102 valence electrons. The summed E-state index contributed by atoms with van der Waals surface area (Å²) < 4.78 is 9.78. The zero-order chi connectivity index (χ0) is 14.2. The van der Waals surface area contributed by atoms with Crippen LogP contribution in [-0.4, -0.2) is 35.5 Å². The number of nitrogens with two attached hydrogens (primary N) is 2. The van der Waals surface area contributed by atoms with Crippen LogP contribution in [0.5, 0.6) is 0 Å². The summed E-state index contributed by atoms with van der Waals surface area (Å²) in [6, 6.07) is 0. The number of epoxide rings is 1. The Morgan fingerprint density at radius 1 is 1.53 bits per heavy atom. The van der Waals surface area contributed by atoms with E-state index in [9.17, 15) is 14.4 Å². The first-order valence-corrected chi connectivity index (χ1v) is 6.21. The molecule has 8 nitrogen and oxygen atoms in total. The summed E-state index contributed by atoms with van der Waals surface area (Å²) in [6.07, 6.45) is -1.15. The van der Waals surface area contributed by atoms with Crippen LogP contribution in [0.15, 0.2) is 5.38 Å². The molecule has 1 aliphatic heterocycles. The molecule has 0 saturated carbocycles. The zero-order valence-corrected chi connectivity index (χ0v) is 10.7. The lowest BCUT2D eigenvalue weighted by Gasteiger charge is -2.03. The van der Waals surface area contributed by atoms with Crippen LogP contribution in [0, 0.1) is 0 Å². The van der Waals surface area contributed by atoms with E-state index in [1.807, 2.05) is 0 Å². The second-order valence-electron chi connectivity index (χ2n) is 3.76. The maximum atomic E-state index is 11.5. The molecule has 0 bridgehead atoms. The number of primary amides is 2. The molecule has 4 N–H and O–H groups in total. The van der Waals surface area contributed by atoms with Gasteiger partial charge in [-0.1, -0.05) is 0 Å². The van der Waals surface area contributed by atoms with E-state index in [1.54, 1.807) is 6.92 Å². The Bertz CT molecular complexity index is 557. The van der Waals surface area contributed by atoms with Gasteiger partial charge in [-0.3, -0.25) is 9.59 Å². The molecule has 1 saturated heterocycles. The highest BCUT2D eigenvalue weighted by atomic mass is 32.1. The van der Waals surface area contributed by atoms with Crippen molar-refractivity contribution >= 4 is 29.1 Å². The normalized spacial score (nSPS) is 24.8. The van der Waals surface area contributed by atoms with E-state index in [-0.39, 0.29) is 17.3 Å². The molecule has 1 aromatic heterocycles. The van der Waals surface area contributed by atoms with Crippen molar-refractivity contribution in [2.24, 2.45) is 11.5 Å². The Morgan fingerprint density at radius 3 is 2.68 bits per heavy atom. The molecule has 2 rings (SSSR count). The SMILES string of the molecule is CCOC(=O)c1csc(C2(C(N)=O)OC2C(N)=O)n1. The Morgan fingerprint density at radius 2 is 2.21 bits per heavy atom. The average Bonchev–Trinajstić information content (AvgIpc) is 2.93. The Hall–Kier alpha value is -2.00. The third kappa shape index (κ3) is 2.06. The fourth-order valence-corrected chi connectivity index (χ4v) is 2.56. The van der Waals surface area contributed by atoms with Gasteiger partial charge in [0.15, 0.2) is 11.8 Å². The lowest BCUT2D eigenvalue weighted by molar-refractivity contribution is -0.124. The van der Waals surface area contributed by atoms with Crippen molar-refractivity contribution in [1.82, 2.24) is 4.98 Å². The minimum absolute atomic E-state index is 0.0289. The van der Waals surface area contributed by atoms with Gasteiger partial charge in [-0.15, -0.1) is 11.3 Å².